The Kier molecular flexibility index (Phi) is 8.79. The van der Waals surface area contributed by atoms with Crippen molar-refractivity contribution in [2.45, 2.75) is 25.0 Å². The van der Waals surface area contributed by atoms with Gasteiger partial charge < -0.3 is 24.1 Å². The van der Waals surface area contributed by atoms with Gasteiger partial charge in [-0.15, -0.1) is 10.2 Å². The Morgan fingerprint density at radius 3 is 2.22 bits per heavy atom. The van der Waals surface area contributed by atoms with E-state index in [1.807, 2.05) is 24.3 Å². The summed E-state index contributed by atoms with van der Waals surface area (Å²) < 4.78 is 18.1. The molecule has 0 bridgehead atoms. The van der Waals surface area contributed by atoms with Gasteiger partial charge in [-0.05, 0) is 55.5 Å². The number of carbonyl (C=O) groups excluding carboxylic acids is 1. The second kappa shape index (κ2) is 12.0. The van der Waals surface area contributed by atoms with Gasteiger partial charge in [0.1, 0.15) is 23.1 Å². The van der Waals surface area contributed by atoms with E-state index in [1.54, 1.807) is 50.2 Å². The lowest BCUT2D eigenvalue weighted by atomic mass is 10.2. The van der Waals surface area contributed by atoms with Gasteiger partial charge in [0.05, 0.1) is 20.8 Å². The van der Waals surface area contributed by atoms with Crippen molar-refractivity contribution in [3.8, 4) is 17.2 Å². The van der Waals surface area contributed by atoms with Crippen LogP contribution in [0.1, 0.15) is 23.1 Å². The van der Waals surface area contributed by atoms with Gasteiger partial charge in [-0.3, -0.25) is 4.79 Å². The molecule has 2 aromatic carbocycles. The van der Waals surface area contributed by atoms with Crippen LogP contribution < -0.4 is 19.5 Å². The van der Waals surface area contributed by atoms with Crippen molar-refractivity contribution >= 4 is 17.7 Å². The molecule has 0 aliphatic heterocycles. The molecular formula is C23H28N4O4S. The zero-order valence-corrected chi connectivity index (χ0v) is 19.4. The van der Waals surface area contributed by atoms with E-state index >= 15 is 0 Å². The Hall–Kier alpha value is -3.20. The molecule has 8 nitrogen and oxygen atoms in total. The minimum absolute atomic E-state index is 0.125. The Morgan fingerprint density at radius 1 is 0.969 bits per heavy atom. The monoisotopic (exact) mass is 456 g/mol. The fraction of sp³-hybridized carbons (Fsp3) is 0.348. The van der Waals surface area contributed by atoms with Crippen molar-refractivity contribution in [3.05, 3.63) is 59.9 Å². The smallest absolute Gasteiger partial charge is 0.251 e. The molecule has 1 N–H and O–H groups in total. The molecule has 0 radical (unpaired) electrons. The lowest BCUT2D eigenvalue weighted by Gasteiger charge is -2.09. The Bertz CT molecular complexity index is 990. The quantitative estimate of drug-likeness (QED) is 0.330. The van der Waals surface area contributed by atoms with Crippen LogP contribution in [0.3, 0.4) is 0 Å². The van der Waals surface area contributed by atoms with E-state index in [2.05, 4.69) is 27.0 Å². The topological polar surface area (TPSA) is 87.5 Å². The number of nitrogens with zero attached hydrogens (tertiary/aromatic N) is 3. The Labute approximate surface area is 192 Å². The number of methoxy groups -OCH3 is 2. The van der Waals surface area contributed by atoms with Crippen LogP contribution in [0.5, 0.6) is 17.2 Å². The molecule has 170 valence electrons. The van der Waals surface area contributed by atoms with E-state index in [0.29, 0.717) is 25.1 Å². The molecule has 1 heterocycles. The van der Waals surface area contributed by atoms with Crippen molar-refractivity contribution in [3.63, 3.8) is 0 Å². The Balaban J connectivity index is 1.44. The number of benzene rings is 2. The Morgan fingerprint density at radius 2 is 1.59 bits per heavy atom. The fourth-order valence-electron chi connectivity index (χ4n) is 3.03. The summed E-state index contributed by atoms with van der Waals surface area (Å²) in [6, 6.07) is 14.5. The summed E-state index contributed by atoms with van der Waals surface area (Å²) in [6.07, 6.45) is 0.603. The summed E-state index contributed by atoms with van der Waals surface area (Å²) in [7, 11) is 3.24. The molecule has 0 unspecified atom stereocenters. The number of thioether (sulfide) groups is 1. The van der Waals surface area contributed by atoms with Crippen LogP contribution in [0.15, 0.2) is 53.7 Å². The first-order valence-corrected chi connectivity index (χ1v) is 11.4. The molecule has 0 atom stereocenters. The highest BCUT2D eigenvalue weighted by molar-refractivity contribution is 7.99. The van der Waals surface area contributed by atoms with E-state index in [9.17, 15) is 4.79 Å². The molecule has 0 saturated heterocycles. The molecule has 0 saturated carbocycles. The summed E-state index contributed by atoms with van der Waals surface area (Å²) in [5.41, 5.74) is 0.593. The number of aromatic nitrogens is 3. The van der Waals surface area contributed by atoms with Gasteiger partial charge in [0.25, 0.3) is 5.91 Å². The molecule has 0 spiro atoms. The molecule has 1 aromatic heterocycles. The zero-order chi connectivity index (χ0) is 22.8. The van der Waals surface area contributed by atoms with E-state index < -0.39 is 0 Å². The number of amides is 1. The van der Waals surface area contributed by atoms with Gasteiger partial charge in [-0.1, -0.05) is 11.8 Å². The minimum atomic E-state index is -0.125. The average Bonchev–Trinajstić information content (AvgIpc) is 3.23. The molecule has 3 aromatic rings. The maximum absolute atomic E-state index is 12.3. The average molecular weight is 457 g/mol. The number of rotatable bonds is 12. The van der Waals surface area contributed by atoms with Gasteiger partial charge in [0.2, 0.25) is 0 Å². The lowest BCUT2D eigenvalue weighted by molar-refractivity contribution is 0.0954. The summed E-state index contributed by atoms with van der Waals surface area (Å²) in [6.45, 7) is 3.85. The van der Waals surface area contributed by atoms with Crippen LogP contribution in [0.4, 0.5) is 0 Å². The number of nitrogens with one attached hydrogen (secondary N) is 1. The number of hydrogen-bond acceptors (Lipinski definition) is 7. The van der Waals surface area contributed by atoms with Crippen LogP contribution in [-0.2, 0) is 13.0 Å². The third kappa shape index (κ3) is 6.40. The molecule has 0 aliphatic rings. The maximum atomic E-state index is 12.3. The van der Waals surface area contributed by atoms with Gasteiger partial charge in [0, 0.05) is 30.8 Å². The molecular weight excluding hydrogens is 428 g/mol. The van der Waals surface area contributed by atoms with Gasteiger partial charge >= 0.3 is 0 Å². The summed E-state index contributed by atoms with van der Waals surface area (Å²) in [4.78, 5) is 12.3. The number of carbonyl (C=O) groups is 1. The predicted molar refractivity (Wildman–Crippen MR) is 124 cm³/mol. The second-order valence-electron chi connectivity index (χ2n) is 6.75. The zero-order valence-electron chi connectivity index (χ0n) is 18.5. The van der Waals surface area contributed by atoms with E-state index in [-0.39, 0.29) is 5.91 Å². The van der Waals surface area contributed by atoms with Crippen molar-refractivity contribution < 1.29 is 19.0 Å². The van der Waals surface area contributed by atoms with Crippen LogP contribution in [-0.4, -0.2) is 53.8 Å². The van der Waals surface area contributed by atoms with Crippen LogP contribution in [0, 0.1) is 0 Å². The third-order valence-corrected chi connectivity index (χ3v) is 5.67. The number of hydrogen-bond donors (Lipinski definition) is 1. The summed E-state index contributed by atoms with van der Waals surface area (Å²) in [5, 5.41) is 12.4. The molecule has 9 heteroatoms. The molecule has 3 rings (SSSR count). The number of ether oxygens (including phenoxy) is 3. The molecule has 32 heavy (non-hydrogen) atoms. The van der Waals surface area contributed by atoms with Crippen LogP contribution >= 0.6 is 11.8 Å². The van der Waals surface area contributed by atoms with E-state index in [0.717, 1.165) is 40.5 Å². The fourth-order valence-corrected chi connectivity index (χ4v) is 3.86. The molecule has 0 aliphatic carbocycles. The first kappa shape index (κ1) is 23.5. The highest BCUT2D eigenvalue weighted by atomic mass is 32.2. The summed E-state index contributed by atoms with van der Waals surface area (Å²) in [5.74, 6) is 3.80. The van der Waals surface area contributed by atoms with Crippen LogP contribution in [0.25, 0.3) is 0 Å². The van der Waals surface area contributed by atoms with E-state index in [4.69, 9.17) is 14.2 Å². The van der Waals surface area contributed by atoms with Crippen molar-refractivity contribution in [1.29, 1.82) is 0 Å². The summed E-state index contributed by atoms with van der Waals surface area (Å²) >= 11 is 1.60. The van der Waals surface area contributed by atoms with Crippen molar-refractivity contribution in [1.82, 2.24) is 20.1 Å². The van der Waals surface area contributed by atoms with Gasteiger partial charge in [-0.25, -0.2) is 0 Å². The normalized spacial score (nSPS) is 10.6. The molecule has 1 amide bonds. The largest absolute Gasteiger partial charge is 0.497 e. The minimum Gasteiger partial charge on any atom is -0.497 e. The van der Waals surface area contributed by atoms with Crippen molar-refractivity contribution in [2.24, 2.45) is 0 Å². The maximum Gasteiger partial charge on any atom is 0.251 e. The standard InChI is InChI=1S/C23H28N4O4S/c1-4-27-21(13-14-24-22(28)17-5-7-18(29-2)8-6-17)25-26-23(27)32-16-15-31-20-11-9-19(30-3)10-12-20/h5-12H,4,13-16H2,1-3H3,(H,24,28). The lowest BCUT2D eigenvalue weighted by Crippen LogP contribution is -2.26. The first-order chi connectivity index (χ1) is 15.6. The van der Waals surface area contributed by atoms with Gasteiger partial charge in [0.15, 0.2) is 5.16 Å². The van der Waals surface area contributed by atoms with E-state index in [1.165, 1.54) is 0 Å². The van der Waals surface area contributed by atoms with Crippen LogP contribution in [0.2, 0.25) is 0 Å². The third-order valence-electron chi connectivity index (χ3n) is 4.74. The first-order valence-electron chi connectivity index (χ1n) is 10.4. The predicted octanol–water partition coefficient (Wildman–Crippen LogP) is 3.46. The highest BCUT2D eigenvalue weighted by Crippen LogP contribution is 2.20. The highest BCUT2D eigenvalue weighted by Gasteiger charge is 2.12. The van der Waals surface area contributed by atoms with Gasteiger partial charge in [-0.2, -0.15) is 0 Å². The van der Waals surface area contributed by atoms with Crippen molar-refractivity contribution in [2.75, 3.05) is 33.1 Å². The molecule has 0 fully saturated rings. The SMILES string of the molecule is CCn1c(CCNC(=O)c2ccc(OC)cc2)nnc1SCCOc1ccc(OC)cc1. The second-order valence-corrected chi connectivity index (χ2v) is 7.81.